The van der Waals surface area contributed by atoms with Crippen LogP contribution in [-0.4, -0.2) is 6.21 Å². The molecule has 0 aliphatic carbocycles. The zero-order valence-corrected chi connectivity index (χ0v) is 10.4. The van der Waals surface area contributed by atoms with Gasteiger partial charge in [-0.05, 0) is 31.3 Å². The zero-order chi connectivity index (χ0) is 11.2. The Labute approximate surface area is 88.6 Å². The SMILES string of the molecule is CC=N/C=C(\C=C(/C)CC)C(C)(C)C. The molecule has 0 aliphatic heterocycles. The van der Waals surface area contributed by atoms with E-state index in [9.17, 15) is 0 Å². The molecule has 0 bridgehead atoms. The van der Waals surface area contributed by atoms with Gasteiger partial charge in [-0.1, -0.05) is 39.3 Å². The predicted octanol–water partition coefficient (Wildman–Crippen LogP) is 4.36. The molecule has 0 rings (SSSR count). The third-order valence-electron chi connectivity index (χ3n) is 2.19. The van der Waals surface area contributed by atoms with Crippen LogP contribution >= 0.6 is 0 Å². The van der Waals surface area contributed by atoms with Gasteiger partial charge in [-0.2, -0.15) is 0 Å². The molecule has 0 spiro atoms. The van der Waals surface area contributed by atoms with Gasteiger partial charge in [0, 0.05) is 12.4 Å². The number of hydrogen-bond acceptors (Lipinski definition) is 1. The monoisotopic (exact) mass is 193 g/mol. The van der Waals surface area contributed by atoms with Gasteiger partial charge in [0.1, 0.15) is 0 Å². The molecule has 0 fully saturated rings. The molecule has 0 aromatic carbocycles. The Hall–Kier alpha value is -0.850. The molecule has 0 aromatic rings. The summed E-state index contributed by atoms with van der Waals surface area (Å²) in [4.78, 5) is 4.19. The predicted molar refractivity (Wildman–Crippen MR) is 65.8 cm³/mol. The van der Waals surface area contributed by atoms with E-state index in [1.807, 2.05) is 19.3 Å². The molecular weight excluding hydrogens is 170 g/mol. The lowest BCUT2D eigenvalue weighted by Crippen LogP contribution is -2.07. The molecule has 0 aliphatic rings. The van der Waals surface area contributed by atoms with Crippen LogP contribution in [0.25, 0.3) is 0 Å². The highest BCUT2D eigenvalue weighted by Crippen LogP contribution is 2.27. The molecular formula is C13H23N. The Morgan fingerprint density at radius 2 is 1.86 bits per heavy atom. The van der Waals surface area contributed by atoms with E-state index in [0.29, 0.717) is 0 Å². The van der Waals surface area contributed by atoms with Crippen molar-refractivity contribution in [2.45, 2.75) is 48.0 Å². The van der Waals surface area contributed by atoms with Crippen molar-refractivity contribution in [2.24, 2.45) is 10.4 Å². The van der Waals surface area contributed by atoms with Gasteiger partial charge in [0.25, 0.3) is 0 Å². The summed E-state index contributed by atoms with van der Waals surface area (Å²) < 4.78 is 0. The maximum Gasteiger partial charge on any atom is 0.0301 e. The van der Waals surface area contributed by atoms with E-state index in [4.69, 9.17) is 0 Å². The summed E-state index contributed by atoms with van der Waals surface area (Å²) in [5.74, 6) is 0. The second kappa shape index (κ2) is 5.79. The summed E-state index contributed by atoms with van der Waals surface area (Å²) >= 11 is 0. The fourth-order valence-electron chi connectivity index (χ4n) is 0.970. The summed E-state index contributed by atoms with van der Waals surface area (Å²) in [7, 11) is 0. The Morgan fingerprint density at radius 1 is 1.29 bits per heavy atom. The van der Waals surface area contributed by atoms with E-state index in [0.717, 1.165) is 6.42 Å². The van der Waals surface area contributed by atoms with Crippen LogP contribution in [0, 0.1) is 5.41 Å². The molecule has 0 aromatic heterocycles. The topological polar surface area (TPSA) is 12.4 Å². The second-order valence-electron chi connectivity index (χ2n) is 4.59. The van der Waals surface area contributed by atoms with Crippen LogP contribution in [0.2, 0.25) is 0 Å². The minimum atomic E-state index is 0.170. The van der Waals surface area contributed by atoms with Gasteiger partial charge in [0.15, 0.2) is 0 Å². The van der Waals surface area contributed by atoms with Crippen LogP contribution in [0.5, 0.6) is 0 Å². The largest absolute Gasteiger partial charge is 0.269 e. The van der Waals surface area contributed by atoms with Gasteiger partial charge < -0.3 is 0 Å². The number of rotatable bonds is 3. The summed E-state index contributed by atoms with van der Waals surface area (Å²) in [6.45, 7) is 12.9. The van der Waals surface area contributed by atoms with Crippen molar-refractivity contribution in [1.29, 1.82) is 0 Å². The fourth-order valence-corrected chi connectivity index (χ4v) is 0.970. The summed E-state index contributed by atoms with van der Waals surface area (Å²) in [5.41, 5.74) is 2.86. The molecule has 0 unspecified atom stereocenters. The van der Waals surface area contributed by atoms with Crippen molar-refractivity contribution < 1.29 is 0 Å². The third kappa shape index (κ3) is 5.00. The van der Waals surface area contributed by atoms with Crippen LogP contribution in [0.1, 0.15) is 48.0 Å². The van der Waals surface area contributed by atoms with Crippen LogP contribution in [-0.2, 0) is 0 Å². The minimum absolute atomic E-state index is 0.170. The molecule has 1 heteroatoms. The Kier molecular flexibility index (Phi) is 5.44. The summed E-state index contributed by atoms with van der Waals surface area (Å²) in [6.07, 6.45) is 7.12. The van der Waals surface area contributed by atoms with E-state index in [1.165, 1.54) is 11.1 Å². The number of hydrogen-bond donors (Lipinski definition) is 0. The highest BCUT2D eigenvalue weighted by molar-refractivity contribution is 5.54. The molecule has 0 atom stereocenters. The third-order valence-corrected chi connectivity index (χ3v) is 2.19. The van der Waals surface area contributed by atoms with Crippen molar-refractivity contribution in [3.8, 4) is 0 Å². The maximum atomic E-state index is 4.19. The lowest BCUT2D eigenvalue weighted by molar-refractivity contribution is 0.515. The van der Waals surface area contributed by atoms with Crippen LogP contribution in [0.3, 0.4) is 0 Å². The van der Waals surface area contributed by atoms with Crippen molar-refractivity contribution >= 4 is 6.21 Å². The van der Waals surface area contributed by atoms with Gasteiger partial charge in [-0.3, -0.25) is 4.99 Å². The number of aliphatic imine (C=N–C) groups is 1. The Morgan fingerprint density at radius 3 is 2.21 bits per heavy atom. The molecule has 0 amide bonds. The van der Waals surface area contributed by atoms with Crippen molar-refractivity contribution in [3.05, 3.63) is 23.4 Å². The number of allylic oxidation sites excluding steroid dienone is 3. The fraction of sp³-hybridized carbons (Fsp3) is 0.615. The van der Waals surface area contributed by atoms with E-state index in [2.05, 4.69) is 45.7 Å². The molecule has 14 heavy (non-hydrogen) atoms. The molecule has 0 N–H and O–H groups in total. The molecule has 0 radical (unpaired) electrons. The van der Waals surface area contributed by atoms with Gasteiger partial charge >= 0.3 is 0 Å². The van der Waals surface area contributed by atoms with Crippen LogP contribution in [0.15, 0.2) is 28.4 Å². The molecule has 1 nitrogen and oxygen atoms in total. The summed E-state index contributed by atoms with van der Waals surface area (Å²) in [5, 5.41) is 0. The van der Waals surface area contributed by atoms with Gasteiger partial charge in [-0.25, -0.2) is 0 Å². The molecule has 0 saturated heterocycles. The van der Waals surface area contributed by atoms with E-state index < -0.39 is 0 Å². The van der Waals surface area contributed by atoms with Gasteiger partial charge in [0.2, 0.25) is 0 Å². The van der Waals surface area contributed by atoms with Gasteiger partial charge in [0.05, 0.1) is 0 Å². The van der Waals surface area contributed by atoms with E-state index in [-0.39, 0.29) is 5.41 Å². The van der Waals surface area contributed by atoms with Crippen LogP contribution in [0.4, 0.5) is 0 Å². The highest BCUT2D eigenvalue weighted by Gasteiger charge is 2.14. The van der Waals surface area contributed by atoms with Crippen molar-refractivity contribution in [3.63, 3.8) is 0 Å². The lowest BCUT2D eigenvalue weighted by Gasteiger charge is -2.20. The maximum absolute atomic E-state index is 4.19. The average molecular weight is 193 g/mol. The zero-order valence-electron chi connectivity index (χ0n) is 10.4. The lowest BCUT2D eigenvalue weighted by atomic mass is 9.86. The van der Waals surface area contributed by atoms with Crippen molar-refractivity contribution in [2.75, 3.05) is 0 Å². The smallest absolute Gasteiger partial charge is 0.0301 e. The first kappa shape index (κ1) is 13.2. The normalized spacial score (nSPS) is 15.3. The average Bonchev–Trinajstić information content (AvgIpc) is 2.09. The first-order chi connectivity index (χ1) is 6.41. The van der Waals surface area contributed by atoms with Gasteiger partial charge in [-0.15, -0.1) is 0 Å². The number of nitrogens with zero attached hydrogens (tertiary/aromatic N) is 1. The molecule has 80 valence electrons. The second-order valence-corrected chi connectivity index (χ2v) is 4.59. The Bertz CT molecular complexity index is 249. The summed E-state index contributed by atoms with van der Waals surface area (Å²) in [6, 6.07) is 0. The van der Waals surface area contributed by atoms with Crippen LogP contribution < -0.4 is 0 Å². The Balaban J connectivity index is 4.94. The molecule has 0 heterocycles. The highest BCUT2D eigenvalue weighted by atomic mass is 14.7. The van der Waals surface area contributed by atoms with E-state index >= 15 is 0 Å². The first-order valence-corrected chi connectivity index (χ1v) is 5.27. The quantitative estimate of drug-likeness (QED) is 0.466. The first-order valence-electron chi connectivity index (χ1n) is 5.27. The standard InChI is InChI=1S/C13H23N/c1-7-11(3)9-12(10-14-8-2)13(4,5)6/h8-10H,7H2,1-6H3/b11-9+,12-10+,14-8?. The molecule has 0 saturated carbocycles. The van der Waals surface area contributed by atoms with Crippen molar-refractivity contribution in [1.82, 2.24) is 0 Å². The minimum Gasteiger partial charge on any atom is -0.269 e. The van der Waals surface area contributed by atoms with E-state index in [1.54, 1.807) is 0 Å².